The van der Waals surface area contributed by atoms with E-state index in [0.717, 1.165) is 10.6 Å². The first-order valence-electron chi connectivity index (χ1n) is 4.53. The largest absolute Gasteiger partial charge is 0.377 e. The fourth-order valence-corrected chi connectivity index (χ4v) is 1.32. The molecule has 0 saturated heterocycles. The van der Waals surface area contributed by atoms with Crippen LogP contribution in [0.3, 0.4) is 0 Å². The van der Waals surface area contributed by atoms with Gasteiger partial charge in [-0.2, -0.15) is 0 Å². The SMILES string of the molecule is COC(C)(C)C(N)c1ccc(Cl)cc1. The Morgan fingerprint density at radius 2 is 1.79 bits per heavy atom. The van der Waals surface area contributed by atoms with E-state index in [1.54, 1.807) is 7.11 Å². The molecule has 0 fully saturated rings. The van der Waals surface area contributed by atoms with Gasteiger partial charge in [0.15, 0.2) is 0 Å². The van der Waals surface area contributed by atoms with Gasteiger partial charge in [0, 0.05) is 12.1 Å². The summed E-state index contributed by atoms with van der Waals surface area (Å²) in [7, 11) is 1.66. The lowest BCUT2D eigenvalue weighted by molar-refractivity contribution is -0.0000294. The van der Waals surface area contributed by atoms with E-state index in [-0.39, 0.29) is 11.6 Å². The summed E-state index contributed by atoms with van der Waals surface area (Å²) in [6.45, 7) is 3.93. The van der Waals surface area contributed by atoms with Gasteiger partial charge in [0.1, 0.15) is 0 Å². The molecule has 0 aliphatic heterocycles. The van der Waals surface area contributed by atoms with Crippen LogP contribution in [0.15, 0.2) is 24.3 Å². The summed E-state index contributed by atoms with van der Waals surface area (Å²) in [6.07, 6.45) is 0. The molecule has 0 spiro atoms. The van der Waals surface area contributed by atoms with Crippen LogP contribution in [0.5, 0.6) is 0 Å². The van der Waals surface area contributed by atoms with Crippen LogP contribution >= 0.6 is 11.6 Å². The fraction of sp³-hybridized carbons (Fsp3) is 0.455. The molecule has 0 saturated carbocycles. The third-order valence-corrected chi connectivity index (χ3v) is 2.76. The molecule has 1 rings (SSSR count). The summed E-state index contributed by atoms with van der Waals surface area (Å²) < 4.78 is 5.33. The van der Waals surface area contributed by atoms with Gasteiger partial charge >= 0.3 is 0 Å². The zero-order chi connectivity index (χ0) is 10.8. The molecule has 3 heteroatoms. The first-order valence-corrected chi connectivity index (χ1v) is 4.91. The van der Waals surface area contributed by atoms with Crippen molar-refractivity contribution in [2.45, 2.75) is 25.5 Å². The summed E-state index contributed by atoms with van der Waals surface area (Å²) in [5.74, 6) is 0. The van der Waals surface area contributed by atoms with Crippen LogP contribution in [0.4, 0.5) is 0 Å². The minimum atomic E-state index is -0.367. The molecule has 14 heavy (non-hydrogen) atoms. The van der Waals surface area contributed by atoms with E-state index in [1.165, 1.54) is 0 Å². The van der Waals surface area contributed by atoms with Gasteiger partial charge in [-0.05, 0) is 31.5 Å². The summed E-state index contributed by atoms with van der Waals surface area (Å²) in [5, 5.41) is 0.719. The Balaban J connectivity index is 2.89. The lowest BCUT2D eigenvalue weighted by atomic mass is 9.93. The van der Waals surface area contributed by atoms with Crippen molar-refractivity contribution in [1.82, 2.24) is 0 Å². The number of methoxy groups -OCH3 is 1. The van der Waals surface area contributed by atoms with Gasteiger partial charge in [0.2, 0.25) is 0 Å². The maximum atomic E-state index is 6.07. The number of benzene rings is 1. The molecule has 1 aromatic rings. The van der Waals surface area contributed by atoms with Crippen molar-refractivity contribution in [2.24, 2.45) is 5.73 Å². The number of ether oxygens (including phenoxy) is 1. The monoisotopic (exact) mass is 213 g/mol. The second kappa shape index (κ2) is 4.30. The maximum absolute atomic E-state index is 6.07. The van der Waals surface area contributed by atoms with E-state index in [2.05, 4.69) is 0 Å². The van der Waals surface area contributed by atoms with Gasteiger partial charge in [-0.25, -0.2) is 0 Å². The molecule has 0 bridgehead atoms. The minimum absolute atomic E-state index is 0.148. The normalized spacial score (nSPS) is 14.1. The first kappa shape index (κ1) is 11.5. The van der Waals surface area contributed by atoms with Crippen molar-refractivity contribution in [3.63, 3.8) is 0 Å². The van der Waals surface area contributed by atoms with Crippen LogP contribution < -0.4 is 5.73 Å². The molecule has 1 atom stereocenters. The van der Waals surface area contributed by atoms with Crippen molar-refractivity contribution >= 4 is 11.6 Å². The van der Waals surface area contributed by atoms with E-state index in [4.69, 9.17) is 22.1 Å². The second-order valence-electron chi connectivity index (χ2n) is 3.84. The zero-order valence-electron chi connectivity index (χ0n) is 8.75. The topological polar surface area (TPSA) is 35.2 Å². The number of rotatable bonds is 3. The van der Waals surface area contributed by atoms with Gasteiger partial charge in [-0.15, -0.1) is 0 Å². The highest BCUT2D eigenvalue weighted by atomic mass is 35.5. The maximum Gasteiger partial charge on any atom is 0.0814 e. The second-order valence-corrected chi connectivity index (χ2v) is 4.27. The van der Waals surface area contributed by atoms with Gasteiger partial charge in [-0.3, -0.25) is 0 Å². The average molecular weight is 214 g/mol. The lowest BCUT2D eigenvalue weighted by Crippen LogP contribution is -2.37. The van der Waals surface area contributed by atoms with Crippen LogP contribution in [-0.2, 0) is 4.74 Å². The number of hydrogen-bond acceptors (Lipinski definition) is 2. The summed E-state index contributed by atoms with van der Waals surface area (Å²) in [5.41, 5.74) is 6.73. The van der Waals surface area contributed by atoms with Crippen LogP contribution in [0.2, 0.25) is 5.02 Å². The Labute approximate surface area is 90.0 Å². The van der Waals surface area contributed by atoms with Gasteiger partial charge < -0.3 is 10.5 Å². The molecule has 0 aliphatic rings. The molecule has 0 heterocycles. The molecule has 78 valence electrons. The lowest BCUT2D eigenvalue weighted by Gasteiger charge is -2.30. The molecule has 0 aromatic heterocycles. The highest BCUT2D eigenvalue weighted by Gasteiger charge is 2.26. The van der Waals surface area contributed by atoms with Crippen LogP contribution in [-0.4, -0.2) is 12.7 Å². The van der Waals surface area contributed by atoms with Crippen LogP contribution in [0.25, 0.3) is 0 Å². The molecule has 2 N–H and O–H groups in total. The molecule has 1 aromatic carbocycles. The van der Waals surface area contributed by atoms with Gasteiger partial charge in [-0.1, -0.05) is 23.7 Å². The van der Waals surface area contributed by atoms with Gasteiger partial charge in [0.25, 0.3) is 0 Å². The van der Waals surface area contributed by atoms with Crippen molar-refractivity contribution in [2.75, 3.05) is 7.11 Å². The predicted molar refractivity (Wildman–Crippen MR) is 59.5 cm³/mol. The molecule has 2 nitrogen and oxygen atoms in total. The van der Waals surface area contributed by atoms with Gasteiger partial charge in [0.05, 0.1) is 11.6 Å². The summed E-state index contributed by atoms with van der Waals surface area (Å²) >= 11 is 5.79. The number of halogens is 1. The Hall–Kier alpha value is -0.570. The van der Waals surface area contributed by atoms with Crippen molar-refractivity contribution in [3.05, 3.63) is 34.9 Å². The highest BCUT2D eigenvalue weighted by molar-refractivity contribution is 6.30. The molecular formula is C11H16ClNO. The Kier molecular flexibility index (Phi) is 3.53. The van der Waals surface area contributed by atoms with Crippen LogP contribution in [0.1, 0.15) is 25.5 Å². The zero-order valence-corrected chi connectivity index (χ0v) is 9.51. The molecule has 0 aliphatic carbocycles. The Morgan fingerprint density at radius 1 is 1.29 bits per heavy atom. The van der Waals surface area contributed by atoms with Crippen LogP contribution in [0, 0.1) is 0 Å². The fourth-order valence-electron chi connectivity index (χ4n) is 1.20. The molecule has 0 amide bonds. The summed E-state index contributed by atoms with van der Waals surface area (Å²) in [4.78, 5) is 0. The number of hydrogen-bond donors (Lipinski definition) is 1. The standard InChI is InChI=1S/C11H16ClNO/c1-11(2,14-3)10(13)8-4-6-9(12)7-5-8/h4-7,10H,13H2,1-3H3. The summed E-state index contributed by atoms with van der Waals surface area (Å²) in [6, 6.07) is 7.37. The third-order valence-electron chi connectivity index (χ3n) is 2.50. The van der Waals surface area contributed by atoms with E-state index in [9.17, 15) is 0 Å². The highest BCUT2D eigenvalue weighted by Crippen LogP contribution is 2.26. The van der Waals surface area contributed by atoms with Crippen molar-refractivity contribution in [1.29, 1.82) is 0 Å². The van der Waals surface area contributed by atoms with E-state index < -0.39 is 0 Å². The minimum Gasteiger partial charge on any atom is -0.377 e. The quantitative estimate of drug-likeness (QED) is 0.838. The Bertz CT molecular complexity index is 295. The third kappa shape index (κ3) is 2.47. The average Bonchev–Trinajstić information content (AvgIpc) is 2.18. The van der Waals surface area contributed by atoms with E-state index >= 15 is 0 Å². The Morgan fingerprint density at radius 3 is 2.21 bits per heavy atom. The first-order chi connectivity index (χ1) is 6.47. The van der Waals surface area contributed by atoms with Crippen molar-refractivity contribution < 1.29 is 4.74 Å². The smallest absolute Gasteiger partial charge is 0.0814 e. The van der Waals surface area contributed by atoms with E-state index in [1.807, 2.05) is 38.1 Å². The molecular weight excluding hydrogens is 198 g/mol. The molecule has 0 radical (unpaired) electrons. The van der Waals surface area contributed by atoms with E-state index in [0.29, 0.717) is 0 Å². The predicted octanol–water partition coefficient (Wildman–Crippen LogP) is 2.76. The van der Waals surface area contributed by atoms with Crippen molar-refractivity contribution in [3.8, 4) is 0 Å². The number of nitrogens with two attached hydrogens (primary N) is 1. The molecule has 1 unspecified atom stereocenters.